The van der Waals surface area contributed by atoms with Crippen molar-refractivity contribution in [3.8, 4) is 5.75 Å². The molecule has 1 aromatic carbocycles. The SMILES string of the molecule is CNNC(=O)CCOc1cc(C)c(C)cc1C. The number of hydrogen-bond donors (Lipinski definition) is 2. The minimum Gasteiger partial charge on any atom is -0.493 e. The molecule has 0 spiro atoms. The van der Waals surface area contributed by atoms with Gasteiger partial charge in [-0.15, -0.1) is 0 Å². The van der Waals surface area contributed by atoms with E-state index in [-0.39, 0.29) is 5.91 Å². The monoisotopic (exact) mass is 236 g/mol. The molecular weight excluding hydrogens is 216 g/mol. The predicted molar refractivity (Wildman–Crippen MR) is 68.0 cm³/mol. The second-order valence-corrected chi connectivity index (χ2v) is 4.10. The fourth-order valence-electron chi connectivity index (χ4n) is 1.55. The third-order valence-electron chi connectivity index (χ3n) is 2.64. The molecule has 0 radical (unpaired) electrons. The second-order valence-electron chi connectivity index (χ2n) is 4.10. The van der Waals surface area contributed by atoms with E-state index in [1.54, 1.807) is 7.05 Å². The summed E-state index contributed by atoms with van der Waals surface area (Å²) in [6.07, 6.45) is 0.340. The van der Waals surface area contributed by atoms with Crippen LogP contribution in [0.2, 0.25) is 0 Å². The average Bonchev–Trinajstić information content (AvgIpc) is 2.26. The summed E-state index contributed by atoms with van der Waals surface area (Å²) in [5.41, 5.74) is 8.64. The van der Waals surface area contributed by atoms with Crippen LogP contribution in [0.1, 0.15) is 23.1 Å². The normalized spacial score (nSPS) is 10.1. The highest BCUT2D eigenvalue weighted by Gasteiger charge is 2.04. The number of carbonyl (C=O) groups excluding carboxylic acids is 1. The number of benzene rings is 1. The molecule has 94 valence electrons. The third kappa shape index (κ3) is 4.07. The van der Waals surface area contributed by atoms with Gasteiger partial charge in [-0.1, -0.05) is 6.07 Å². The molecule has 0 unspecified atom stereocenters. The van der Waals surface area contributed by atoms with E-state index in [4.69, 9.17) is 4.74 Å². The summed E-state index contributed by atoms with van der Waals surface area (Å²) in [5, 5.41) is 0. The quantitative estimate of drug-likeness (QED) is 0.764. The number of rotatable bonds is 5. The zero-order chi connectivity index (χ0) is 12.8. The van der Waals surface area contributed by atoms with Crippen LogP contribution in [0, 0.1) is 20.8 Å². The van der Waals surface area contributed by atoms with Gasteiger partial charge >= 0.3 is 0 Å². The van der Waals surface area contributed by atoms with Crippen LogP contribution in [-0.4, -0.2) is 19.6 Å². The molecule has 0 atom stereocenters. The van der Waals surface area contributed by atoms with Crippen molar-refractivity contribution in [2.75, 3.05) is 13.7 Å². The van der Waals surface area contributed by atoms with Crippen LogP contribution in [0.5, 0.6) is 5.75 Å². The Kier molecular flexibility index (Phi) is 4.97. The van der Waals surface area contributed by atoms with Crippen molar-refractivity contribution in [2.45, 2.75) is 27.2 Å². The van der Waals surface area contributed by atoms with E-state index >= 15 is 0 Å². The lowest BCUT2D eigenvalue weighted by Gasteiger charge is -2.11. The minimum atomic E-state index is -0.0750. The van der Waals surface area contributed by atoms with Crippen LogP contribution in [0.15, 0.2) is 12.1 Å². The fraction of sp³-hybridized carbons (Fsp3) is 0.462. The highest BCUT2D eigenvalue weighted by Crippen LogP contribution is 2.22. The number of ether oxygens (including phenoxy) is 1. The average molecular weight is 236 g/mol. The smallest absolute Gasteiger partial charge is 0.237 e. The molecule has 4 heteroatoms. The Morgan fingerprint density at radius 1 is 1.18 bits per heavy atom. The molecule has 0 fully saturated rings. The van der Waals surface area contributed by atoms with Gasteiger partial charge in [-0.2, -0.15) is 0 Å². The molecular formula is C13H20N2O2. The first-order chi connectivity index (χ1) is 8.04. The van der Waals surface area contributed by atoms with Gasteiger partial charge in [0, 0.05) is 7.05 Å². The maximum atomic E-state index is 11.2. The largest absolute Gasteiger partial charge is 0.493 e. The van der Waals surface area contributed by atoms with E-state index in [1.807, 2.05) is 13.0 Å². The highest BCUT2D eigenvalue weighted by molar-refractivity contribution is 5.75. The Hall–Kier alpha value is -1.55. The van der Waals surface area contributed by atoms with Gasteiger partial charge in [0.15, 0.2) is 0 Å². The predicted octanol–water partition coefficient (Wildman–Crippen LogP) is 1.63. The first-order valence-corrected chi connectivity index (χ1v) is 5.71. The van der Waals surface area contributed by atoms with Gasteiger partial charge < -0.3 is 4.74 Å². The fourth-order valence-corrected chi connectivity index (χ4v) is 1.55. The van der Waals surface area contributed by atoms with Crippen LogP contribution in [0.25, 0.3) is 0 Å². The Morgan fingerprint density at radius 3 is 2.47 bits per heavy atom. The number of carbonyl (C=O) groups is 1. The molecule has 0 bridgehead atoms. The number of amides is 1. The number of nitrogens with one attached hydrogen (secondary N) is 2. The van der Waals surface area contributed by atoms with Crippen molar-refractivity contribution >= 4 is 5.91 Å². The van der Waals surface area contributed by atoms with Gasteiger partial charge in [-0.3, -0.25) is 10.2 Å². The lowest BCUT2D eigenvalue weighted by atomic mass is 10.1. The van der Waals surface area contributed by atoms with Crippen LogP contribution in [0.3, 0.4) is 0 Å². The summed E-state index contributed by atoms with van der Waals surface area (Å²) in [6.45, 7) is 6.52. The summed E-state index contributed by atoms with van der Waals surface area (Å²) in [6, 6.07) is 4.11. The Balaban J connectivity index is 2.52. The van der Waals surface area contributed by atoms with E-state index in [9.17, 15) is 4.79 Å². The van der Waals surface area contributed by atoms with E-state index in [0.29, 0.717) is 13.0 Å². The van der Waals surface area contributed by atoms with Crippen molar-refractivity contribution in [3.05, 3.63) is 28.8 Å². The van der Waals surface area contributed by atoms with Gasteiger partial charge in [0.2, 0.25) is 5.91 Å². The molecule has 1 amide bonds. The molecule has 0 aliphatic carbocycles. The van der Waals surface area contributed by atoms with Crippen LogP contribution >= 0.6 is 0 Å². The summed E-state index contributed by atoms with van der Waals surface area (Å²) in [4.78, 5) is 11.2. The molecule has 0 heterocycles. The topological polar surface area (TPSA) is 50.4 Å². The van der Waals surface area contributed by atoms with E-state index in [0.717, 1.165) is 11.3 Å². The standard InChI is InChI=1S/C13H20N2O2/c1-9-7-11(3)12(8-10(9)2)17-6-5-13(16)15-14-4/h7-8,14H,5-6H2,1-4H3,(H,15,16). The zero-order valence-electron chi connectivity index (χ0n) is 10.9. The highest BCUT2D eigenvalue weighted by atomic mass is 16.5. The Labute approximate surface area is 102 Å². The van der Waals surface area contributed by atoms with Gasteiger partial charge in [0.1, 0.15) is 5.75 Å². The molecule has 1 rings (SSSR count). The minimum absolute atomic E-state index is 0.0750. The third-order valence-corrected chi connectivity index (χ3v) is 2.64. The van der Waals surface area contributed by atoms with Gasteiger partial charge in [-0.05, 0) is 43.5 Å². The van der Waals surface area contributed by atoms with Crippen molar-refractivity contribution < 1.29 is 9.53 Å². The summed E-state index contributed by atoms with van der Waals surface area (Å²) < 4.78 is 5.60. The molecule has 4 nitrogen and oxygen atoms in total. The van der Waals surface area contributed by atoms with Gasteiger partial charge in [0.05, 0.1) is 13.0 Å². The van der Waals surface area contributed by atoms with Gasteiger partial charge in [0.25, 0.3) is 0 Å². The van der Waals surface area contributed by atoms with Crippen LogP contribution in [0.4, 0.5) is 0 Å². The van der Waals surface area contributed by atoms with Crippen LogP contribution in [-0.2, 0) is 4.79 Å². The number of hydrazine groups is 1. The van der Waals surface area contributed by atoms with Crippen molar-refractivity contribution in [3.63, 3.8) is 0 Å². The first kappa shape index (κ1) is 13.5. The molecule has 17 heavy (non-hydrogen) atoms. The zero-order valence-corrected chi connectivity index (χ0v) is 10.9. The first-order valence-electron chi connectivity index (χ1n) is 5.71. The lowest BCUT2D eigenvalue weighted by molar-refractivity contribution is -0.122. The van der Waals surface area contributed by atoms with Crippen molar-refractivity contribution in [1.82, 2.24) is 10.9 Å². The molecule has 0 saturated carbocycles. The Morgan fingerprint density at radius 2 is 1.82 bits per heavy atom. The van der Waals surface area contributed by atoms with Crippen molar-refractivity contribution in [1.29, 1.82) is 0 Å². The molecule has 0 aromatic heterocycles. The van der Waals surface area contributed by atoms with Crippen molar-refractivity contribution in [2.24, 2.45) is 0 Å². The van der Waals surface area contributed by atoms with E-state index in [2.05, 4.69) is 30.8 Å². The molecule has 0 aliphatic heterocycles. The summed E-state index contributed by atoms with van der Waals surface area (Å²) >= 11 is 0. The number of hydrogen-bond acceptors (Lipinski definition) is 3. The van der Waals surface area contributed by atoms with E-state index in [1.165, 1.54) is 11.1 Å². The molecule has 0 saturated heterocycles. The van der Waals surface area contributed by atoms with E-state index < -0.39 is 0 Å². The maximum Gasteiger partial charge on any atom is 0.237 e. The molecule has 2 N–H and O–H groups in total. The lowest BCUT2D eigenvalue weighted by Crippen LogP contribution is -2.34. The summed E-state index contributed by atoms with van der Waals surface area (Å²) in [7, 11) is 1.66. The molecule has 0 aliphatic rings. The second kappa shape index (κ2) is 6.25. The van der Waals surface area contributed by atoms with Crippen LogP contribution < -0.4 is 15.6 Å². The summed E-state index contributed by atoms with van der Waals surface area (Å²) in [5.74, 6) is 0.777. The molecule has 1 aromatic rings. The Bertz CT molecular complexity index is 403. The maximum absolute atomic E-state index is 11.2. The van der Waals surface area contributed by atoms with Gasteiger partial charge in [-0.25, -0.2) is 5.43 Å². The number of aryl methyl sites for hydroxylation is 3.